The molecule has 0 radical (unpaired) electrons. The molecule has 1 aliphatic heterocycles. The maximum atomic E-state index is 11.4. The molecule has 18 heavy (non-hydrogen) atoms. The van der Waals surface area contributed by atoms with Gasteiger partial charge in [-0.15, -0.1) is 0 Å². The lowest BCUT2D eigenvalue weighted by molar-refractivity contribution is -0.142. The summed E-state index contributed by atoms with van der Waals surface area (Å²) < 4.78 is 5.86. The Hall–Kier alpha value is -0.640. The normalized spacial score (nSPS) is 26.7. The van der Waals surface area contributed by atoms with Crippen LogP contribution in [0.1, 0.15) is 45.4 Å². The number of Topliss-reactive ketones (excluding diaryl/α,β-unsaturated/α-hetero) is 1. The third-order valence-corrected chi connectivity index (χ3v) is 4.54. The first-order valence-electron chi connectivity index (χ1n) is 6.65. The first-order valence-corrected chi connectivity index (χ1v) is 7.45. The first kappa shape index (κ1) is 13.8. The van der Waals surface area contributed by atoms with Crippen molar-refractivity contribution in [2.45, 2.75) is 51.6 Å². The van der Waals surface area contributed by atoms with Crippen molar-refractivity contribution in [2.24, 2.45) is 11.8 Å². The minimum Gasteiger partial charge on any atom is -0.454 e. The van der Waals surface area contributed by atoms with Crippen molar-refractivity contribution < 1.29 is 14.3 Å². The Bertz CT molecular complexity index is 369. The van der Waals surface area contributed by atoms with Gasteiger partial charge in [-0.2, -0.15) is 0 Å². The number of ketones is 1. The van der Waals surface area contributed by atoms with Gasteiger partial charge in [0, 0.05) is 12.3 Å². The van der Waals surface area contributed by atoms with E-state index in [1.165, 1.54) is 19.3 Å². The molecule has 0 aromatic heterocycles. The minimum atomic E-state index is -0.302. The van der Waals surface area contributed by atoms with Gasteiger partial charge in [0.1, 0.15) is 16.4 Å². The molecular formula is C14H19BrO3. The quantitative estimate of drug-likeness (QED) is 0.747. The van der Waals surface area contributed by atoms with Crippen LogP contribution in [0.15, 0.2) is 10.6 Å². The molecule has 4 heteroatoms. The van der Waals surface area contributed by atoms with E-state index >= 15 is 0 Å². The van der Waals surface area contributed by atoms with E-state index in [2.05, 4.69) is 15.9 Å². The van der Waals surface area contributed by atoms with Gasteiger partial charge in [0.25, 0.3) is 0 Å². The van der Waals surface area contributed by atoms with Crippen molar-refractivity contribution in [3.05, 3.63) is 10.6 Å². The Labute approximate surface area is 116 Å². The number of carbonyl (C=O) groups excluding carboxylic acids is 2. The van der Waals surface area contributed by atoms with Crippen LogP contribution in [0.25, 0.3) is 0 Å². The Morgan fingerprint density at radius 3 is 2.61 bits per heavy atom. The highest BCUT2D eigenvalue weighted by molar-refractivity contribution is 9.12. The molecule has 0 aromatic rings. The van der Waals surface area contributed by atoms with Crippen LogP contribution in [-0.2, 0) is 14.3 Å². The van der Waals surface area contributed by atoms with E-state index in [1.54, 1.807) is 6.92 Å². The van der Waals surface area contributed by atoms with Crippen LogP contribution in [0.2, 0.25) is 0 Å². The molecule has 2 rings (SSSR count). The Kier molecular flexibility index (Phi) is 4.60. The van der Waals surface area contributed by atoms with Gasteiger partial charge in [0.2, 0.25) is 0 Å². The fourth-order valence-corrected chi connectivity index (χ4v) is 3.44. The largest absolute Gasteiger partial charge is 0.454 e. The summed E-state index contributed by atoms with van der Waals surface area (Å²) in [6.45, 7) is 1.62. The molecule has 0 bridgehead atoms. The van der Waals surface area contributed by atoms with Crippen molar-refractivity contribution >= 4 is 27.7 Å². The third-order valence-electron chi connectivity index (χ3n) is 3.95. The summed E-state index contributed by atoms with van der Waals surface area (Å²) in [5, 5.41) is 0. The number of hydrogen-bond donors (Lipinski definition) is 0. The smallest absolute Gasteiger partial charge is 0.345 e. The van der Waals surface area contributed by atoms with E-state index in [1.807, 2.05) is 6.08 Å². The zero-order valence-corrected chi connectivity index (χ0v) is 12.2. The number of ether oxygens (including phenoxy) is 1. The van der Waals surface area contributed by atoms with Crippen LogP contribution >= 0.6 is 15.9 Å². The molecule has 0 spiro atoms. The van der Waals surface area contributed by atoms with Crippen molar-refractivity contribution in [3.63, 3.8) is 0 Å². The maximum Gasteiger partial charge on any atom is 0.345 e. The van der Waals surface area contributed by atoms with E-state index in [4.69, 9.17) is 4.74 Å². The summed E-state index contributed by atoms with van der Waals surface area (Å²) in [6.07, 6.45) is 8.15. The highest BCUT2D eigenvalue weighted by atomic mass is 79.9. The highest BCUT2D eigenvalue weighted by Gasteiger charge is 2.36. The van der Waals surface area contributed by atoms with Crippen LogP contribution in [-0.4, -0.2) is 17.9 Å². The second-order valence-corrected chi connectivity index (χ2v) is 6.21. The van der Waals surface area contributed by atoms with Crippen LogP contribution in [0.3, 0.4) is 0 Å². The molecule has 1 aliphatic carbocycles. The van der Waals surface area contributed by atoms with E-state index in [-0.39, 0.29) is 23.8 Å². The zero-order valence-electron chi connectivity index (χ0n) is 10.7. The number of halogens is 1. The molecule has 3 nitrogen and oxygen atoms in total. The monoisotopic (exact) mass is 314 g/mol. The fraction of sp³-hybridized carbons (Fsp3) is 0.714. The van der Waals surface area contributed by atoms with Crippen LogP contribution < -0.4 is 0 Å². The van der Waals surface area contributed by atoms with E-state index in [0.717, 1.165) is 12.8 Å². The Morgan fingerprint density at radius 2 is 2.11 bits per heavy atom. The average Bonchev–Trinajstić information content (AvgIpc) is 2.67. The number of carbonyl (C=O) groups is 2. The minimum absolute atomic E-state index is 0.154. The zero-order chi connectivity index (χ0) is 13.1. The Morgan fingerprint density at radius 1 is 1.44 bits per heavy atom. The molecule has 2 aliphatic rings. The first-order chi connectivity index (χ1) is 8.58. The van der Waals surface area contributed by atoms with Gasteiger partial charge in [-0.1, -0.05) is 32.1 Å². The summed E-state index contributed by atoms with van der Waals surface area (Å²) in [6, 6.07) is 0. The molecule has 0 N–H and O–H groups in total. The predicted octanol–water partition coefficient (Wildman–Crippen LogP) is 3.37. The van der Waals surface area contributed by atoms with Crippen LogP contribution in [0, 0.1) is 11.8 Å². The van der Waals surface area contributed by atoms with Crippen molar-refractivity contribution in [1.29, 1.82) is 0 Å². The van der Waals surface area contributed by atoms with Crippen LogP contribution in [0.4, 0.5) is 0 Å². The second-order valence-electron chi connectivity index (χ2n) is 5.35. The van der Waals surface area contributed by atoms with Crippen LogP contribution in [0.5, 0.6) is 0 Å². The summed E-state index contributed by atoms with van der Waals surface area (Å²) >= 11 is 3.20. The second kappa shape index (κ2) is 6.00. The topological polar surface area (TPSA) is 43.4 Å². The lowest BCUT2D eigenvalue weighted by Crippen LogP contribution is -2.31. The molecule has 0 amide bonds. The number of esters is 1. The molecule has 0 unspecified atom stereocenters. The number of hydrogen-bond acceptors (Lipinski definition) is 3. The predicted molar refractivity (Wildman–Crippen MR) is 72.3 cm³/mol. The van der Waals surface area contributed by atoms with Crippen molar-refractivity contribution in [3.8, 4) is 0 Å². The van der Waals surface area contributed by atoms with Gasteiger partial charge in [0.15, 0.2) is 0 Å². The molecule has 1 saturated carbocycles. The molecule has 0 aromatic carbocycles. The lowest BCUT2D eigenvalue weighted by Gasteiger charge is -2.32. The van der Waals surface area contributed by atoms with Gasteiger partial charge < -0.3 is 9.53 Å². The summed E-state index contributed by atoms with van der Waals surface area (Å²) in [4.78, 5) is 22.9. The third kappa shape index (κ3) is 3.22. The van der Waals surface area contributed by atoms with Crippen molar-refractivity contribution in [2.75, 3.05) is 0 Å². The molecule has 1 fully saturated rings. The molecule has 1 heterocycles. The SMILES string of the molecule is CC(=O)C[C@@H](C1CCCCC1)[C@@H]1C=C(Br)C(=O)O1. The summed E-state index contributed by atoms with van der Waals surface area (Å²) in [7, 11) is 0. The van der Waals surface area contributed by atoms with E-state index < -0.39 is 0 Å². The van der Waals surface area contributed by atoms with Gasteiger partial charge in [-0.05, 0) is 34.8 Å². The standard InChI is InChI=1S/C14H19BrO3/c1-9(16)7-11(10-5-3-2-4-6-10)13-8-12(15)14(17)18-13/h8,10-11,13H,2-7H2,1H3/t11-,13-/m0/s1. The van der Waals surface area contributed by atoms with Gasteiger partial charge >= 0.3 is 5.97 Å². The average molecular weight is 315 g/mol. The maximum absolute atomic E-state index is 11.4. The fourth-order valence-electron chi connectivity index (χ4n) is 3.08. The van der Waals surface area contributed by atoms with Crippen molar-refractivity contribution in [1.82, 2.24) is 0 Å². The summed E-state index contributed by atoms with van der Waals surface area (Å²) in [5.41, 5.74) is 0. The van der Waals surface area contributed by atoms with Gasteiger partial charge in [0.05, 0.1) is 0 Å². The van der Waals surface area contributed by atoms with Gasteiger partial charge in [-0.25, -0.2) is 4.79 Å². The number of cyclic esters (lactones) is 1. The summed E-state index contributed by atoms with van der Waals surface area (Å²) in [5.74, 6) is 0.541. The van der Waals surface area contributed by atoms with E-state index in [9.17, 15) is 9.59 Å². The lowest BCUT2D eigenvalue weighted by atomic mass is 9.75. The highest BCUT2D eigenvalue weighted by Crippen LogP contribution is 2.37. The molecule has 100 valence electrons. The number of rotatable bonds is 4. The van der Waals surface area contributed by atoms with Gasteiger partial charge in [-0.3, -0.25) is 0 Å². The molecular weight excluding hydrogens is 296 g/mol. The van der Waals surface area contributed by atoms with E-state index in [0.29, 0.717) is 16.8 Å². The Balaban J connectivity index is 2.09. The molecule has 0 saturated heterocycles. The molecule has 2 atom stereocenters.